The van der Waals surface area contributed by atoms with E-state index >= 15 is 0 Å². The number of nitrogens with zero attached hydrogens (tertiary/aromatic N) is 11. The van der Waals surface area contributed by atoms with Crippen LogP contribution in [0.15, 0.2) is 6.33 Å². The van der Waals surface area contributed by atoms with Crippen LogP contribution >= 0.6 is 0 Å². The van der Waals surface area contributed by atoms with Gasteiger partial charge in [0.25, 0.3) is 17.7 Å². The molecule has 0 aliphatic carbocycles. The predicted octanol–water partition coefficient (Wildman–Crippen LogP) is 1.66. The van der Waals surface area contributed by atoms with E-state index in [1.165, 1.54) is 24.1 Å². The zero-order valence-electron chi connectivity index (χ0n) is 24.1. The van der Waals surface area contributed by atoms with Gasteiger partial charge in [-0.1, -0.05) is 52.0 Å². The minimum atomic E-state index is -0.372. The third-order valence-electron chi connectivity index (χ3n) is 6.81. The van der Waals surface area contributed by atoms with Crippen LogP contribution in [0.5, 0.6) is 0 Å². The van der Waals surface area contributed by atoms with E-state index in [1.807, 2.05) is 41.5 Å². The van der Waals surface area contributed by atoms with Crippen molar-refractivity contribution in [2.45, 2.75) is 59.3 Å². The summed E-state index contributed by atoms with van der Waals surface area (Å²) in [7, 11) is 5.07. The highest BCUT2D eigenvalue weighted by atomic mass is 16.2. The Hall–Kier alpha value is -4.10. The highest BCUT2D eigenvalue weighted by Crippen LogP contribution is 2.25. The fourth-order valence-electron chi connectivity index (χ4n) is 4.74. The van der Waals surface area contributed by atoms with E-state index in [4.69, 9.17) is 0 Å². The molecule has 210 valence electrons. The molecule has 0 saturated carbocycles. The van der Waals surface area contributed by atoms with Crippen molar-refractivity contribution in [1.29, 1.82) is 0 Å². The summed E-state index contributed by atoms with van der Waals surface area (Å²) in [5, 5.41) is 16.5. The van der Waals surface area contributed by atoms with Gasteiger partial charge in [0.05, 0.1) is 43.4 Å². The first-order chi connectivity index (χ1) is 18.3. The van der Waals surface area contributed by atoms with Gasteiger partial charge in [-0.25, -0.2) is 14.3 Å². The van der Waals surface area contributed by atoms with Gasteiger partial charge >= 0.3 is 0 Å². The van der Waals surface area contributed by atoms with Crippen LogP contribution in [0.3, 0.4) is 0 Å². The number of hydrogen-bond acceptors (Lipinski definition) is 8. The molecule has 0 radical (unpaired) electrons. The van der Waals surface area contributed by atoms with Gasteiger partial charge in [0.2, 0.25) is 0 Å². The zero-order valence-corrected chi connectivity index (χ0v) is 24.1. The van der Waals surface area contributed by atoms with E-state index in [-0.39, 0.29) is 55.5 Å². The minimum absolute atomic E-state index is 0.00800. The molecule has 1 aliphatic heterocycles. The van der Waals surface area contributed by atoms with E-state index in [1.54, 1.807) is 32.0 Å². The Balaban J connectivity index is 1.76. The van der Waals surface area contributed by atoms with E-state index in [2.05, 4.69) is 25.6 Å². The van der Waals surface area contributed by atoms with Crippen LogP contribution in [-0.2, 0) is 21.1 Å². The Labute approximate surface area is 227 Å². The SMILES string of the molecule is CC(C)c1ncn(C)c1C(=O)N1CN(C(=O)c2c(C(C)C)nnn2C)CN(C(=O)c2c(C(C)C)nnn2C)C1. The minimum Gasteiger partial charge on any atom is -0.329 e. The lowest BCUT2D eigenvalue weighted by atomic mass is 10.1. The van der Waals surface area contributed by atoms with Gasteiger partial charge in [0.15, 0.2) is 0 Å². The van der Waals surface area contributed by atoms with Crippen LogP contribution in [-0.4, -0.2) is 92.0 Å². The molecular formula is C25H37N11O3. The topological polar surface area (TPSA) is 140 Å². The first kappa shape index (κ1) is 27.9. The number of carbonyl (C=O) groups excluding carboxylic acids is 3. The van der Waals surface area contributed by atoms with E-state index < -0.39 is 0 Å². The number of carbonyl (C=O) groups is 3. The monoisotopic (exact) mass is 539 g/mol. The molecule has 14 nitrogen and oxygen atoms in total. The van der Waals surface area contributed by atoms with Crippen molar-refractivity contribution in [1.82, 2.24) is 54.2 Å². The Bertz CT molecular complexity index is 1230. The largest absolute Gasteiger partial charge is 0.329 e. The molecule has 0 atom stereocenters. The first-order valence-corrected chi connectivity index (χ1v) is 13.0. The van der Waals surface area contributed by atoms with Crippen LogP contribution in [0.25, 0.3) is 0 Å². The zero-order chi connectivity index (χ0) is 28.8. The molecule has 14 heteroatoms. The van der Waals surface area contributed by atoms with E-state index in [0.717, 1.165) is 0 Å². The second-order valence-corrected chi connectivity index (χ2v) is 10.9. The molecule has 4 rings (SSSR count). The lowest BCUT2D eigenvalue weighted by Gasteiger charge is -2.42. The van der Waals surface area contributed by atoms with Crippen molar-refractivity contribution < 1.29 is 14.4 Å². The maximum absolute atomic E-state index is 13.9. The van der Waals surface area contributed by atoms with Crippen LogP contribution in [0, 0.1) is 0 Å². The summed E-state index contributed by atoms with van der Waals surface area (Å²) in [6, 6.07) is 0. The number of hydrogen-bond donors (Lipinski definition) is 0. The first-order valence-electron chi connectivity index (χ1n) is 13.0. The number of amides is 3. The highest BCUT2D eigenvalue weighted by Gasteiger charge is 2.38. The molecule has 1 fully saturated rings. The molecule has 0 spiro atoms. The fraction of sp³-hybridized carbons (Fsp3) is 0.600. The van der Waals surface area contributed by atoms with Gasteiger partial charge < -0.3 is 19.3 Å². The lowest BCUT2D eigenvalue weighted by molar-refractivity contribution is -0.00744. The van der Waals surface area contributed by atoms with Crippen molar-refractivity contribution in [2.75, 3.05) is 20.0 Å². The van der Waals surface area contributed by atoms with Crippen molar-refractivity contribution in [2.24, 2.45) is 21.1 Å². The van der Waals surface area contributed by atoms with Gasteiger partial charge in [0.1, 0.15) is 17.1 Å². The summed E-state index contributed by atoms with van der Waals surface area (Å²) in [6.45, 7) is 11.6. The Kier molecular flexibility index (Phi) is 7.57. The molecule has 0 unspecified atom stereocenters. The summed E-state index contributed by atoms with van der Waals surface area (Å²) in [5.41, 5.74) is 2.81. The standard InChI is InChI=1S/C25H37N11O3/c1-14(2)17-20(31(7)10-26-17)23(37)34-11-35(24(38)21-18(15(3)4)27-29-32(21)8)13-36(12-34)25(39)22-19(16(5)6)28-30-33(22)9/h10,14-16H,11-13H2,1-9H3. The summed E-state index contributed by atoms with van der Waals surface area (Å²) in [6.07, 6.45) is 1.60. The fourth-order valence-corrected chi connectivity index (χ4v) is 4.74. The summed E-state index contributed by atoms with van der Waals surface area (Å²) >= 11 is 0. The maximum atomic E-state index is 13.9. The molecule has 1 aliphatic rings. The molecule has 39 heavy (non-hydrogen) atoms. The average Bonchev–Trinajstić information content (AvgIpc) is 3.58. The number of imidazole rings is 1. The number of aryl methyl sites for hydroxylation is 3. The quantitative estimate of drug-likeness (QED) is 0.461. The highest BCUT2D eigenvalue weighted by molar-refractivity contribution is 5.98. The molecule has 0 aromatic carbocycles. The second kappa shape index (κ2) is 10.6. The van der Waals surface area contributed by atoms with Crippen molar-refractivity contribution in [3.63, 3.8) is 0 Å². The maximum Gasteiger partial charge on any atom is 0.276 e. The Morgan fingerprint density at radius 2 is 0.974 bits per heavy atom. The molecule has 0 bridgehead atoms. The van der Waals surface area contributed by atoms with Crippen molar-refractivity contribution in [3.05, 3.63) is 40.5 Å². The van der Waals surface area contributed by atoms with Gasteiger partial charge in [-0.15, -0.1) is 10.2 Å². The molecule has 3 amide bonds. The van der Waals surface area contributed by atoms with Gasteiger partial charge in [-0.05, 0) is 17.8 Å². The van der Waals surface area contributed by atoms with E-state index in [9.17, 15) is 14.4 Å². The smallest absolute Gasteiger partial charge is 0.276 e. The Morgan fingerprint density at radius 3 is 1.33 bits per heavy atom. The predicted molar refractivity (Wildman–Crippen MR) is 141 cm³/mol. The van der Waals surface area contributed by atoms with Crippen molar-refractivity contribution in [3.8, 4) is 0 Å². The van der Waals surface area contributed by atoms with E-state index in [0.29, 0.717) is 34.2 Å². The van der Waals surface area contributed by atoms with Crippen LogP contribution in [0.2, 0.25) is 0 Å². The molecule has 4 heterocycles. The second-order valence-electron chi connectivity index (χ2n) is 10.9. The average molecular weight is 540 g/mol. The molecular weight excluding hydrogens is 502 g/mol. The third kappa shape index (κ3) is 5.02. The molecule has 0 N–H and O–H groups in total. The number of rotatable bonds is 6. The molecule has 3 aromatic heterocycles. The summed E-state index contributed by atoms with van der Waals surface area (Å²) < 4.78 is 4.55. The van der Waals surface area contributed by atoms with Gasteiger partial charge in [0, 0.05) is 21.1 Å². The van der Waals surface area contributed by atoms with Gasteiger partial charge in [-0.3, -0.25) is 14.4 Å². The van der Waals surface area contributed by atoms with Crippen LogP contribution < -0.4 is 0 Å². The normalized spacial score (nSPS) is 14.3. The van der Waals surface area contributed by atoms with Crippen LogP contribution in [0.1, 0.15) is 108 Å². The molecule has 1 saturated heterocycles. The van der Waals surface area contributed by atoms with Crippen LogP contribution in [0.4, 0.5) is 0 Å². The Morgan fingerprint density at radius 1 is 0.615 bits per heavy atom. The molecule has 3 aromatic rings. The van der Waals surface area contributed by atoms with Crippen molar-refractivity contribution >= 4 is 17.7 Å². The number of aromatic nitrogens is 8. The lowest BCUT2D eigenvalue weighted by Crippen LogP contribution is -2.60. The van der Waals surface area contributed by atoms with Gasteiger partial charge in [-0.2, -0.15) is 0 Å². The third-order valence-corrected chi connectivity index (χ3v) is 6.81. The summed E-state index contributed by atoms with van der Waals surface area (Å²) in [4.78, 5) is 50.6. The summed E-state index contributed by atoms with van der Waals surface area (Å²) in [5.74, 6) is -1.15.